The van der Waals surface area contributed by atoms with Gasteiger partial charge in [-0.25, -0.2) is 4.98 Å². The van der Waals surface area contributed by atoms with Crippen LogP contribution in [-0.4, -0.2) is 15.8 Å². The highest BCUT2D eigenvalue weighted by Gasteiger charge is 2.39. The summed E-state index contributed by atoms with van der Waals surface area (Å²) in [7, 11) is 0. The third-order valence-corrected chi connectivity index (χ3v) is 6.41. The van der Waals surface area contributed by atoms with E-state index in [1.807, 2.05) is 74.5 Å². The van der Waals surface area contributed by atoms with E-state index in [2.05, 4.69) is 10.3 Å². The molecule has 1 aromatic heterocycles. The Bertz CT molecular complexity index is 1230. The Labute approximate surface area is 196 Å². The summed E-state index contributed by atoms with van der Waals surface area (Å²) >= 11 is 1.29. The number of carbonyl (C=O) groups excluding carboxylic acids is 1. The molecular weight excluding hydrogens is 434 g/mol. The highest BCUT2D eigenvalue weighted by Crippen LogP contribution is 2.42. The molecule has 0 aliphatic rings. The minimum atomic E-state index is -0.778. The lowest BCUT2D eigenvalue weighted by atomic mass is 9.70. The lowest BCUT2D eigenvalue weighted by molar-refractivity contribution is -0.384. The van der Waals surface area contributed by atoms with Crippen molar-refractivity contribution < 1.29 is 9.72 Å². The number of nitrogens with zero attached hydrogens (tertiary/aromatic N) is 2. The first-order chi connectivity index (χ1) is 15.9. The van der Waals surface area contributed by atoms with Crippen molar-refractivity contribution in [1.29, 1.82) is 0 Å². The van der Waals surface area contributed by atoms with Crippen LogP contribution in [0, 0.1) is 15.5 Å². The fourth-order valence-corrected chi connectivity index (χ4v) is 4.66. The number of carbonyl (C=O) groups is 1. The van der Waals surface area contributed by atoms with Crippen LogP contribution in [0.15, 0.2) is 90.3 Å². The molecule has 0 aliphatic heterocycles. The SMILES string of the molecule is CC(C)(C(=O)Nc1nc(-c2cccc([N+](=O)[O-])c2)cs1)C(c1ccccc1)c1ccccc1. The quantitative estimate of drug-likeness (QED) is 0.253. The second-order valence-electron chi connectivity index (χ2n) is 8.28. The number of anilines is 1. The maximum Gasteiger partial charge on any atom is 0.270 e. The van der Waals surface area contributed by atoms with E-state index in [4.69, 9.17) is 0 Å². The predicted octanol–water partition coefficient (Wildman–Crippen LogP) is 6.52. The standard InChI is InChI=1S/C26H23N3O3S/c1-26(2,23(18-10-5-3-6-11-18)19-12-7-4-8-13-19)24(30)28-25-27-22(17-33-25)20-14-9-15-21(16-20)29(31)32/h3-17,23H,1-2H3,(H,27,28,30). The van der Waals surface area contributed by atoms with Crippen molar-refractivity contribution >= 4 is 28.1 Å². The van der Waals surface area contributed by atoms with Crippen molar-refractivity contribution in [2.75, 3.05) is 5.32 Å². The molecule has 0 bridgehead atoms. The van der Waals surface area contributed by atoms with E-state index in [9.17, 15) is 14.9 Å². The van der Waals surface area contributed by atoms with Crippen LogP contribution in [0.25, 0.3) is 11.3 Å². The van der Waals surface area contributed by atoms with Crippen molar-refractivity contribution in [3.8, 4) is 11.3 Å². The molecule has 3 aromatic carbocycles. The molecule has 0 radical (unpaired) electrons. The fourth-order valence-electron chi connectivity index (χ4n) is 3.95. The van der Waals surface area contributed by atoms with E-state index >= 15 is 0 Å². The molecule has 0 aliphatic carbocycles. The number of nitro groups is 1. The van der Waals surface area contributed by atoms with Gasteiger partial charge in [0, 0.05) is 29.0 Å². The smallest absolute Gasteiger partial charge is 0.270 e. The molecular formula is C26H23N3O3S. The van der Waals surface area contributed by atoms with Gasteiger partial charge >= 0.3 is 0 Å². The monoisotopic (exact) mass is 457 g/mol. The van der Waals surface area contributed by atoms with Gasteiger partial charge in [0.05, 0.1) is 16.0 Å². The summed E-state index contributed by atoms with van der Waals surface area (Å²) in [5.41, 5.74) is 2.55. The number of thiazole rings is 1. The average molecular weight is 458 g/mol. The normalized spacial score (nSPS) is 11.4. The van der Waals surface area contributed by atoms with Crippen molar-refractivity contribution in [3.63, 3.8) is 0 Å². The summed E-state index contributed by atoms with van der Waals surface area (Å²) in [6.45, 7) is 3.87. The van der Waals surface area contributed by atoms with E-state index in [1.165, 1.54) is 23.5 Å². The largest absolute Gasteiger partial charge is 0.301 e. The van der Waals surface area contributed by atoms with Crippen LogP contribution in [0.4, 0.5) is 10.8 Å². The van der Waals surface area contributed by atoms with Gasteiger partial charge in [-0.05, 0) is 11.1 Å². The van der Waals surface area contributed by atoms with Crippen molar-refractivity contribution in [2.24, 2.45) is 5.41 Å². The first-order valence-corrected chi connectivity index (χ1v) is 11.4. The van der Waals surface area contributed by atoms with Gasteiger partial charge in [0.25, 0.3) is 5.69 Å². The molecule has 1 heterocycles. The Morgan fingerprint density at radius 1 is 0.970 bits per heavy atom. The predicted molar refractivity (Wildman–Crippen MR) is 131 cm³/mol. The van der Waals surface area contributed by atoms with Gasteiger partial charge in [-0.2, -0.15) is 0 Å². The van der Waals surface area contributed by atoms with Gasteiger partial charge in [-0.3, -0.25) is 14.9 Å². The first kappa shape index (κ1) is 22.4. The lowest BCUT2D eigenvalue weighted by Crippen LogP contribution is -2.37. The number of hydrogen-bond acceptors (Lipinski definition) is 5. The summed E-state index contributed by atoms with van der Waals surface area (Å²) in [5, 5.41) is 16.3. The van der Waals surface area contributed by atoms with Gasteiger partial charge in [0.15, 0.2) is 5.13 Å². The van der Waals surface area contributed by atoms with Crippen LogP contribution in [0.1, 0.15) is 30.9 Å². The maximum absolute atomic E-state index is 13.5. The summed E-state index contributed by atoms with van der Waals surface area (Å²) < 4.78 is 0. The molecule has 7 heteroatoms. The number of aromatic nitrogens is 1. The van der Waals surface area contributed by atoms with E-state index < -0.39 is 10.3 Å². The fraction of sp³-hybridized carbons (Fsp3) is 0.154. The lowest BCUT2D eigenvalue weighted by Gasteiger charge is -2.33. The molecule has 6 nitrogen and oxygen atoms in total. The van der Waals surface area contributed by atoms with Gasteiger partial charge in [0.2, 0.25) is 5.91 Å². The van der Waals surface area contributed by atoms with Gasteiger partial charge in [-0.1, -0.05) is 86.6 Å². The van der Waals surface area contributed by atoms with Gasteiger partial charge < -0.3 is 5.32 Å². The Kier molecular flexibility index (Phi) is 6.33. The highest BCUT2D eigenvalue weighted by atomic mass is 32.1. The molecule has 1 amide bonds. The second-order valence-corrected chi connectivity index (χ2v) is 9.13. The average Bonchev–Trinajstić information content (AvgIpc) is 3.29. The Hall–Kier alpha value is -3.84. The summed E-state index contributed by atoms with van der Waals surface area (Å²) in [6.07, 6.45) is 0. The number of non-ortho nitro benzene ring substituents is 1. The molecule has 4 aromatic rings. The molecule has 33 heavy (non-hydrogen) atoms. The molecule has 0 atom stereocenters. The molecule has 4 rings (SSSR count). The number of nitrogens with one attached hydrogen (secondary N) is 1. The van der Waals surface area contributed by atoms with Crippen LogP contribution in [0.3, 0.4) is 0 Å². The van der Waals surface area contributed by atoms with Crippen LogP contribution in [0.2, 0.25) is 0 Å². The number of amides is 1. The zero-order valence-corrected chi connectivity index (χ0v) is 19.1. The van der Waals surface area contributed by atoms with Crippen LogP contribution in [0.5, 0.6) is 0 Å². The molecule has 1 N–H and O–H groups in total. The zero-order chi connectivity index (χ0) is 23.4. The van der Waals surface area contributed by atoms with E-state index in [-0.39, 0.29) is 17.5 Å². The second kappa shape index (κ2) is 9.34. The van der Waals surface area contributed by atoms with Gasteiger partial charge in [-0.15, -0.1) is 11.3 Å². The molecule has 0 fully saturated rings. The van der Waals surface area contributed by atoms with Crippen LogP contribution >= 0.6 is 11.3 Å². The van der Waals surface area contributed by atoms with Gasteiger partial charge in [0.1, 0.15) is 0 Å². The van der Waals surface area contributed by atoms with E-state index in [0.717, 1.165) is 11.1 Å². The highest BCUT2D eigenvalue weighted by molar-refractivity contribution is 7.14. The third kappa shape index (κ3) is 4.83. The summed E-state index contributed by atoms with van der Waals surface area (Å²) in [6, 6.07) is 26.3. The minimum Gasteiger partial charge on any atom is -0.301 e. The zero-order valence-electron chi connectivity index (χ0n) is 18.3. The van der Waals surface area contributed by atoms with E-state index in [1.54, 1.807) is 17.5 Å². The molecule has 0 saturated carbocycles. The number of rotatable bonds is 7. The number of benzene rings is 3. The Morgan fingerprint density at radius 3 is 2.15 bits per heavy atom. The molecule has 0 spiro atoms. The molecule has 0 unspecified atom stereocenters. The topological polar surface area (TPSA) is 85.1 Å². The van der Waals surface area contributed by atoms with Crippen LogP contribution in [-0.2, 0) is 4.79 Å². The van der Waals surface area contributed by atoms with E-state index in [0.29, 0.717) is 16.4 Å². The first-order valence-electron chi connectivity index (χ1n) is 10.5. The Balaban J connectivity index is 1.61. The van der Waals surface area contributed by atoms with Crippen molar-refractivity contribution in [3.05, 3.63) is 112 Å². The minimum absolute atomic E-state index is 0.000725. The molecule has 0 saturated heterocycles. The summed E-state index contributed by atoms with van der Waals surface area (Å²) in [4.78, 5) is 28.6. The number of hydrogen-bond donors (Lipinski definition) is 1. The maximum atomic E-state index is 13.5. The van der Waals surface area contributed by atoms with Crippen molar-refractivity contribution in [2.45, 2.75) is 19.8 Å². The van der Waals surface area contributed by atoms with Crippen molar-refractivity contribution in [1.82, 2.24) is 4.98 Å². The number of nitro benzene ring substituents is 1. The van der Waals surface area contributed by atoms with Crippen LogP contribution < -0.4 is 5.32 Å². The molecule has 166 valence electrons. The summed E-state index contributed by atoms with van der Waals surface area (Å²) in [5.74, 6) is -0.309. The Morgan fingerprint density at radius 2 is 1.58 bits per heavy atom. The third-order valence-electron chi connectivity index (χ3n) is 5.65.